The summed E-state index contributed by atoms with van der Waals surface area (Å²) in [5.41, 5.74) is 1.43. The maximum atomic E-state index is 12.8. The zero-order chi connectivity index (χ0) is 13.7. The molecule has 2 rings (SSSR count). The molecule has 0 saturated heterocycles. The Balaban J connectivity index is 2.25. The maximum Gasteiger partial charge on any atom is 0.143 e. The number of nitriles is 1. The van der Waals surface area contributed by atoms with E-state index in [9.17, 15) is 9.65 Å². The molecule has 0 spiro atoms. The number of methoxy groups -OCH3 is 1. The normalized spacial score (nSPS) is 11.4. The quantitative estimate of drug-likeness (QED) is 0.910. The number of rotatable bonds is 4. The molecule has 0 aliphatic carbocycles. The van der Waals surface area contributed by atoms with Gasteiger partial charge in [-0.3, -0.25) is 0 Å². The van der Waals surface area contributed by atoms with Crippen molar-refractivity contribution in [2.75, 3.05) is 12.4 Å². The number of para-hydroxylation sites is 1. The average molecular weight is 256 g/mol. The summed E-state index contributed by atoms with van der Waals surface area (Å²) in [7, 11) is 1.56. The number of hydrogen-bond donors (Lipinski definition) is 1. The minimum Gasteiger partial charge on any atom is -0.496 e. The Morgan fingerprint density at radius 3 is 2.47 bits per heavy atom. The molecule has 0 fully saturated rings. The summed E-state index contributed by atoms with van der Waals surface area (Å²) < 4.78 is 18.1. The molecular weight excluding hydrogens is 243 g/mol. The summed E-state index contributed by atoms with van der Waals surface area (Å²) in [4.78, 5) is 0. The second kappa shape index (κ2) is 5.87. The molecular formula is C15H13FN2O. The Labute approximate surface area is 111 Å². The highest BCUT2D eigenvalue weighted by Crippen LogP contribution is 2.27. The molecule has 0 aliphatic rings. The Bertz CT molecular complexity index is 590. The summed E-state index contributed by atoms with van der Waals surface area (Å²) in [6.07, 6.45) is 0. The lowest BCUT2D eigenvalue weighted by molar-refractivity contribution is 0.409. The lowest BCUT2D eigenvalue weighted by Gasteiger charge is -2.16. The van der Waals surface area contributed by atoms with Gasteiger partial charge in [0.1, 0.15) is 17.6 Å². The molecule has 0 saturated carbocycles. The Hall–Kier alpha value is -2.54. The van der Waals surface area contributed by atoms with Crippen LogP contribution < -0.4 is 10.1 Å². The third kappa shape index (κ3) is 3.02. The molecule has 0 radical (unpaired) electrons. The van der Waals surface area contributed by atoms with Crippen LogP contribution in [0.1, 0.15) is 11.6 Å². The van der Waals surface area contributed by atoms with Crippen LogP contribution >= 0.6 is 0 Å². The number of halogens is 1. The van der Waals surface area contributed by atoms with Crippen LogP contribution in [0.3, 0.4) is 0 Å². The molecule has 2 aromatic carbocycles. The first-order valence-corrected chi connectivity index (χ1v) is 5.79. The summed E-state index contributed by atoms with van der Waals surface area (Å²) in [5, 5.41) is 12.3. The van der Waals surface area contributed by atoms with Crippen molar-refractivity contribution in [1.29, 1.82) is 5.26 Å². The summed E-state index contributed by atoms with van der Waals surface area (Å²) in [6.45, 7) is 0. The van der Waals surface area contributed by atoms with Crippen molar-refractivity contribution in [3.8, 4) is 11.8 Å². The molecule has 0 heterocycles. The molecule has 0 aromatic heterocycles. The number of anilines is 1. The minimum absolute atomic E-state index is 0.309. The van der Waals surface area contributed by atoms with Gasteiger partial charge >= 0.3 is 0 Å². The predicted octanol–water partition coefficient (Wildman–Crippen LogP) is 3.51. The monoisotopic (exact) mass is 256 g/mol. The van der Waals surface area contributed by atoms with Gasteiger partial charge in [-0.15, -0.1) is 0 Å². The van der Waals surface area contributed by atoms with Gasteiger partial charge < -0.3 is 10.1 Å². The molecule has 2 aromatic rings. The van der Waals surface area contributed by atoms with Crippen molar-refractivity contribution in [1.82, 2.24) is 0 Å². The number of nitrogens with zero attached hydrogens (tertiary/aromatic N) is 1. The fourth-order valence-electron chi connectivity index (χ4n) is 1.80. The van der Waals surface area contributed by atoms with Crippen LogP contribution in [-0.4, -0.2) is 7.11 Å². The number of hydrogen-bond acceptors (Lipinski definition) is 3. The van der Waals surface area contributed by atoms with E-state index in [0.29, 0.717) is 11.4 Å². The molecule has 0 bridgehead atoms. The first-order valence-electron chi connectivity index (χ1n) is 5.79. The van der Waals surface area contributed by atoms with Gasteiger partial charge in [0.2, 0.25) is 0 Å². The summed E-state index contributed by atoms with van der Waals surface area (Å²) in [6, 6.07) is 14.8. The number of nitrogens with one attached hydrogen (secondary N) is 1. The number of ether oxygens (including phenoxy) is 1. The van der Waals surface area contributed by atoms with Gasteiger partial charge in [0, 0.05) is 11.3 Å². The van der Waals surface area contributed by atoms with Crippen LogP contribution in [0.2, 0.25) is 0 Å². The van der Waals surface area contributed by atoms with Crippen LogP contribution in [0.25, 0.3) is 0 Å². The lowest BCUT2D eigenvalue weighted by Crippen LogP contribution is -2.09. The molecule has 3 nitrogen and oxygen atoms in total. The average Bonchev–Trinajstić information content (AvgIpc) is 2.46. The maximum absolute atomic E-state index is 12.8. The van der Waals surface area contributed by atoms with Crippen molar-refractivity contribution < 1.29 is 9.13 Å². The molecule has 1 atom stereocenters. The van der Waals surface area contributed by atoms with Gasteiger partial charge in [-0.2, -0.15) is 5.26 Å². The Morgan fingerprint density at radius 1 is 1.16 bits per heavy atom. The van der Waals surface area contributed by atoms with Gasteiger partial charge in [-0.05, 0) is 30.3 Å². The summed E-state index contributed by atoms with van der Waals surface area (Å²) in [5.74, 6) is 0.333. The molecule has 0 amide bonds. The largest absolute Gasteiger partial charge is 0.496 e. The van der Waals surface area contributed by atoms with Crippen molar-refractivity contribution in [3.63, 3.8) is 0 Å². The highest BCUT2D eigenvalue weighted by atomic mass is 19.1. The van der Waals surface area contributed by atoms with Crippen LogP contribution in [0, 0.1) is 17.1 Å². The van der Waals surface area contributed by atoms with E-state index < -0.39 is 6.04 Å². The van der Waals surface area contributed by atoms with E-state index in [2.05, 4.69) is 11.4 Å². The van der Waals surface area contributed by atoms with Gasteiger partial charge in [0.05, 0.1) is 13.2 Å². The van der Waals surface area contributed by atoms with E-state index >= 15 is 0 Å². The fraction of sp³-hybridized carbons (Fsp3) is 0.133. The first-order chi connectivity index (χ1) is 9.24. The van der Waals surface area contributed by atoms with Crippen molar-refractivity contribution >= 4 is 5.69 Å². The highest BCUT2D eigenvalue weighted by molar-refractivity contribution is 5.50. The molecule has 19 heavy (non-hydrogen) atoms. The SMILES string of the molecule is COc1ccccc1C(C#N)Nc1ccc(F)cc1. The van der Waals surface area contributed by atoms with Crippen molar-refractivity contribution in [3.05, 3.63) is 59.9 Å². The molecule has 0 aliphatic heterocycles. The van der Waals surface area contributed by atoms with Gasteiger partial charge in [-0.25, -0.2) is 4.39 Å². The molecule has 1 unspecified atom stereocenters. The third-order valence-electron chi connectivity index (χ3n) is 2.73. The van der Waals surface area contributed by atoms with Crippen molar-refractivity contribution in [2.45, 2.75) is 6.04 Å². The van der Waals surface area contributed by atoms with E-state index in [4.69, 9.17) is 4.74 Å². The smallest absolute Gasteiger partial charge is 0.143 e. The molecule has 96 valence electrons. The number of benzene rings is 2. The third-order valence-corrected chi connectivity index (χ3v) is 2.73. The van der Waals surface area contributed by atoms with Crippen molar-refractivity contribution in [2.24, 2.45) is 0 Å². The summed E-state index contributed by atoms with van der Waals surface area (Å²) >= 11 is 0. The van der Waals surface area contributed by atoms with Gasteiger partial charge in [0.25, 0.3) is 0 Å². The van der Waals surface area contributed by atoms with E-state index in [1.807, 2.05) is 18.2 Å². The molecule has 1 N–H and O–H groups in total. The Morgan fingerprint density at radius 2 is 1.84 bits per heavy atom. The van der Waals surface area contributed by atoms with E-state index in [0.717, 1.165) is 5.56 Å². The van der Waals surface area contributed by atoms with Crippen LogP contribution in [0.4, 0.5) is 10.1 Å². The van der Waals surface area contributed by atoms with E-state index in [1.54, 1.807) is 25.3 Å². The van der Waals surface area contributed by atoms with Crippen LogP contribution in [-0.2, 0) is 0 Å². The Kier molecular flexibility index (Phi) is 3.99. The zero-order valence-corrected chi connectivity index (χ0v) is 10.4. The van der Waals surface area contributed by atoms with E-state index in [1.165, 1.54) is 12.1 Å². The second-order valence-corrected chi connectivity index (χ2v) is 3.96. The van der Waals surface area contributed by atoms with E-state index in [-0.39, 0.29) is 5.82 Å². The standard InChI is InChI=1S/C15H13FN2O/c1-19-15-5-3-2-4-13(15)14(10-17)18-12-8-6-11(16)7-9-12/h2-9,14,18H,1H3. The van der Waals surface area contributed by atoms with Gasteiger partial charge in [-0.1, -0.05) is 18.2 Å². The van der Waals surface area contributed by atoms with Crippen LogP contribution in [0.15, 0.2) is 48.5 Å². The predicted molar refractivity (Wildman–Crippen MR) is 71.4 cm³/mol. The molecule has 4 heteroatoms. The first kappa shape index (κ1) is 12.9. The topological polar surface area (TPSA) is 45.0 Å². The fourth-order valence-corrected chi connectivity index (χ4v) is 1.80. The van der Waals surface area contributed by atoms with Gasteiger partial charge in [0.15, 0.2) is 0 Å². The zero-order valence-electron chi connectivity index (χ0n) is 10.4. The van der Waals surface area contributed by atoms with Crippen LogP contribution in [0.5, 0.6) is 5.75 Å². The highest BCUT2D eigenvalue weighted by Gasteiger charge is 2.14. The second-order valence-electron chi connectivity index (χ2n) is 3.96. The minimum atomic E-state index is -0.554. The lowest BCUT2D eigenvalue weighted by atomic mass is 10.1.